The average Bonchev–Trinajstić information content (AvgIpc) is 3.63. The van der Waals surface area contributed by atoms with Gasteiger partial charge in [0, 0.05) is 32.6 Å². The Hall–Kier alpha value is -7.12. The Balaban J connectivity index is 1.41. The molecule has 2 nitrogen and oxygen atoms in total. The fraction of sp³-hybridized carbons (Fsp3) is 0.111. The molecular weight excluding hydrogens is 895 g/mol. The highest BCUT2D eigenvalue weighted by atomic mass is 28.3. The van der Waals surface area contributed by atoms with Crippen molar-refractivity contribution in [2.75, 3.05) is 9.80 Å². The van der Waals surface area contributed by atoms with Crippen LogP contribution in [0.25, 0.3) is 11.1 Å². The molecule has 0 bridgehead atoms. The maximum Gasteiger partial charge on any atom is 0.200 e. The lowest BCUT2D eigenvalue weighted by Crippen LogP contribution is -2.77. The second kappa shape index (κ2) is 14.4. The van der Waals surface area contributed by atoms with E-state index < -0.39 is 87.4 Å². The van der Waals surface area contributed by atoms with Gasteiger partial charge in [0.25, 0.3) is 0 Å². The molecule has 3 aliphatic rings. The molecule has 11 rings (SSSR count). The van der Waals surface area contributed by atoms with Gasteiger partial charge in [-0.05, 0) is 80.2 Å². The molecular formula is C54H34F10N2Si. The van der Waals surface area contributed by atoms with Crippen LogP contribution in [0, 0.1) is 58.2 Å². The predicted octanol–water partition coefficient (Wildman–Crippen LogP) is 12.7. The Labute approximate surface area is 379 Å². The van der Waals surface area contributed by atoms with E-state index in [1.54, 1.807) is 94.7 Å². The Morgan fingerprint density at radius 2 is 0.522 bits per heavy atom. The summed E-state index contributed by atoms with van der Waals surface area (Å²) >= 11 is 0. The van der Waals surface area contributed by atoms with Gasteiger partial charge in [-0.15, -0.1) is 0 Å². The molecule has 0 N–H and O–H groups in total. The highest BCUT2D eigenvalue weighted by Gasteiger charge is 2.61. The van der Waals surface area contributed by atoms with E-state index in [9.17, 15) is 0 Å². The maximum atomic E-state index is 17.6. The van der Waals surface area contributed by atoms with E-state index >= 15 is 43.9 Å². The number of benzene rings is 8. The molecule has 0 spiro atoms. The van der Waals surface area contributed by atoms with Gasteiger partial charge < -0.3 is 9.80 Å². The summed E-state index contributed by atoms with van der Waals surface area (Å²) in [5.41, 5.74) is 3.20. The number of hydrogen-bond acceptors (Lipinski definition) is 2. The van der Waals surface area contributed by atoms with Crippen LogP contribution in [-0.4, -0.2) is 8.07 Å². The van der Waals surface area contributed by atoms with Crippen LogP contribution in [0.4, 0.5) is 78.0 Å². The minimum atomic E-state index is -6.27. The zero-order valence-electron chi connectivity index (χ0n) is 35.9. The summed E-state index contributed by atoms with van der Waals surface area (Å²) in [6, 6.07) is 37.4. The third-order valence-corrected chi connectivity index (χ3v) is 19.0. The molecule has 0 amide bonds. The molecule has 0 saturated carbocycles. The van der Waals surface area contributed by atoms with Gasteiger partial charge in [-0.1, -0.05) is 125 Å². The van der Waals surface area contributed by atoms with Gasteiger partial charge in [-0.25, -0.2) is 43.9 Å². The Bertz CT molecular complexity index is 3090. The fourth-order valence-electron chi connectivity index (χ4n) is 11.2. The van der Waals surface area contributed by atoms with Gasteiger partial charge in [0.2, 0.25) is 11.6 Å². The number of para-hydroxylation sites is 4. The van der Waals surface area contributed by atoms with E-state index in [2.05, 4.69) is 0 Å². The van der Waals surface area contributed by atoms with Gasteiger partial charge in [-0.2, -0.15) is 0 Å². The number of rotatable bonds is 4. The number of nitrogens with zero attached hydrogens (tertiary/aromatic N) is 2. The van der Waals surface area contributed by atoms with Gasteiger partial charge in [0.05, 0.1) is 22.7 Å². The van der Waals surface area contributed by atoms with Crippen molar-refractivity contribution in [2.24, 2.45) is 0 Å². The monoisotopic (exact) mass is 928 g/mol. The van der Waals surface area contributed by atoms with Crippen molar-refractivity contribution in [1.82, 2.24) is 0 Å². The molecule has 0 fully saturated rings. The number of fused-ring (bicyclic) bond motifs is 7. The van der Waals surface area contributed by atoms with Crippen LogP contribution in [-0.2, 0) is 10.8 Å². The Kier molecular flexibility index (Phi) is 9.16. The normalized spacial score (nSPS) is 15.6. The highest BCUT2D eigenvalue weighted by molar-refractivity contribution is 7.23. The lowest BCUT2D eigenvalue weighted by Gasteiger charge is -2.45. The summed E-state index contributed by atoms with van der Waals surface area (Å²) in [4.78, 5) is 3.32. The molecule has 67 heavy (non-hydrogen) atoms. The Morgan fingerprint density at radius 1 is 0.284 bits per heavy atom. The summed E-state index contributed by atoms with van der Waals surface area (Å²) in [7, 11) is -6.27. The van der Waals surface area contributed by atoms with Crippen LogP contribution < -0.4 is 30.5 Å². The largest absolute Gasteiger partial charge is 0.310 e. The molecule has 3 heterocycles. The summed E-state index contributed by atoms with van der Waals surface area (Å²) in [6.07, 6.45) is 0. The lowest BCUT2D eigenvalue weighted by atomic mass is 9.73. The van der Waals surface area contributed by atoms with Crippen molar-refractivity contribution in [3.63, 3.8) is 0 Å². The van der Waals surface area contributed by atoms with E-state index in [0.717, 1.165) is 0 Å². The first kappa shape index (κ1) is 42.5. The second-order valence-electron chi connectivity index (χ2n) is 18.0. The van der Waals surface area contributed by atoms with E-state index in [0.29, 0.717) is 45.0 Å². The second-order valence-corrected chi connectivity index (χ2v) is 21.5. The maximum absolute atomic E-state index is 17.6. The van der Waals surface area contributed by atoms with E-state index in [1.807, 2.05) is 52.0 Å². The van der Waals surface area contributed by atoms with Crippen LogP contribution in [0.15, 0.2) is 133 Å². The van der Waals surface area contributed by atoms with Crippen molar-refractivity contribution in [3.8, 4) is 11.1 Å². The van der Waals surface area contributed by atoms with Crippen LogP contribution in [0.1, 0.15) is 49.9 Å². The number of anilines is 6. The first-order chi connectivity index (χ1) is 32.0. The van der Waals surface area contributed by atoms with E-state index in [-0.39, 0.29) is 32.9 Å². The van der Waals surface area contributed by atoms with E-state index in [1.165, 1.54) is 24.3 Å². The van der Waals surface area contributed by atoms with Crippen molar-refractivity contribution in [3.05, 3.63) is 214 Å². The summed E-state index contributed by atoms with van der Waals surface area (Å²) in [6.45, 7) is 7.88. The molecule has 0 atom stereocenters. The zero-order valence-corrected chi connectivity index (χ0v) is 36.9. The van der Waals surface area contributed by atoms with Crippen LogP contribution in [0.2, 0.25) is 0 Å². The minimum Gasteiger partial charge on any atom is -0.310 e. The van der Waals surface area contributed by atoms with Gasteiger partial charge in [-0.3, -0.25) is 0 Å². The molecule has 13 heteroatoms. The van der Waals surface area contributed by atoms with Crippen molar-refractivity contribution < 1.29 is 43.9 Å². The topological polar surface area (TPSA) is 6.48 Å². The van der Waals surface area contributed by atoms with Crippen LogP contribution >= 0.6 is 0 Å². The quantitative estimate of drug-likeness (QED) is 0.0751. The molecule has 0 unspecified atom stereocenters. The van der Waals surface area contributed by atoms with E-state index in [4.69, 9.17) is 0 Å². The summed E-state index contributed by atoms with van der Waals surface area (Å²) < 4.78 is 166. The summed E-state index contributed by atoms with van der Waals surface area (Å²) in [5.74, 6) is -25.0. The highest BCUT2D eigenvalue weighted by Crippen LogP contribution is 2.55. The van der Waals surface area contributed by atoms with Gasteiger partial charge >= 0.3 is 0 Å². The van der Waals surface area contributed by atoms with Gasteiger partial charge in [0.15, 0.2) is 54.6 Å². The molecule has 8 aromatic rings. The molecule has 3 aliphatic heterocycles. The molecule has 0 saturated heterocycles. The SMILES string of the molecule is CC1(C)c2ccccc2N(c2cccc3c2[Si](c2c(F)c(F)c(F)c(F)c2F)(c2c(F)c(F)c(F)c(F)c2F)c2c-3cccc2N2c3ccccc3C(C)(C)c3ccccc32)c2ccccc21. The first-order valence-corrected chi connectivity index (χ1v) is 23.3. The Morgan fingerprint density at radius 3 is 0.806 bits per heavy atom. The molecule has 8 aromatic carbocycles. The van der Waals surface area contributed by atoms with Gasteiger partial charge in [0.1, 0.15) is 0 Å². The molecule has 334 valence electrons. The number of hydrogen-bond donors (Lipinski definition) is 0. The zero-order chi connectivity index (χ0) is 47.2. The van der Waals surface area contributed by atoms with Crippen LogP contribution in [0.3, 0.4) is 0 Å². The fourth-order valence-corrected chi connectivity index (χ4v) is 16.8. The molecule has 0 radical (unpaired) electrons. The standard InChI is InChI=1S/C54H34F10N2Si/c1-53(2)29-17-5-9-21-33(29)65(34-22-10-6-18-30(34)53)37-25-13-15-27-28-16-14-26-38(66-35-23-11-7-19-31(35)54(3,4)32-20-8-12-24-36(32)66)50(28)67(49(27)37,51-45(61)41(57)39(55)42(58)46(51)62)52-47(63)43(59)40(56)44(60)48(52)64/h5-26H,1-4H3. The molecule has 0 aliphatic carbocycles. The summed E-state index contributed by atoms with van der Waals surface area (Å²) in [5, 5.41) is -4.20. The first-order valence-electron chi connectivity index (χ1n) is 21.3. The van der Waals surface area contributed by atoms with Crippen molar-refractivity contribution in [2.45, 2.75) is 38.5 Å². The minimum absolute atomic E-state index is 0.00704. The molecule has 0 aromatic heterocycles. The van der Waals surface area contributed by atoms with Crippen molar-refractivity contribution in [1.29, 1.82) is 0 Å². The smallest absolute Gasteiger partial charge is 0.200 e. The predicted molar refractivity (Wildman–Crippen MR) is 242 cm³/mol. The third-order valence-electron chi connectivity index (χ3n) is 14.0. The third kappa shape index (κ3) is 5.34. The van der Waals surface area contributed by atoms with Crippen LogP contribution in [0.5, 0.6) is 0 Å². The van der Waals surface area contributed by atoms with Crippen molar-refractivity contribution >= 4 is 62.9 Å². The average molecular weight is 929 g/mol. The number of halogens is 10. The lowest BCUT2D eigenvalue weighted by molar-refractivity contribution is 0.382.